The molecule has 23 heavy (non-hydrogen) atoms. The van der Waals surface area contributed by atoms with Gasteiger partial charge < -0.3 is 15.2 Å². The number of nitrogens with one attached hydrogen (secondary N) is 1. The quantitative estimate of drug-likeness (QED) is 0.479. The van der Waals surface area contributed by atoms with Crippen LogP contribution in [0.25, 0.3) is 0 Å². The van der Waals surface area contributed by atoms with Crippen LogP contribution in [0.15, 0.2) is 18.2 Å². The summed E-state index contributed by atoms with van der Waals surface area (Å²) in [4.78, 5) is 33.7. The van der Waals surface area contributed by atoms with E-state index in [1.807, 2.05) is 0 Å². The molecule has 2 N–H and O–H groups in total. The van der Waals surface area contributed by atoms with Crippen LogP contribution in [-0.2, 0) is 9.53 Å². The summed E-state index contributed by atoms with van der Waals surface area (Å²) in [5.74, 6) is -1.39. The van der Waals surface area contributed by atoms with Crippen molar-refractivity contribution in [3.8, 4) is 0 Å². The number of benzene rings is 1. The lowest BCUT2D eigenvalue weighted by Gasteiger charge is -2.21. The molecular formula is C15H20N2O6. The van der Waals surface area contributed by atoms with Crippen LogP contribution < -0.4 is 5.32 Å². The second-order valence-electron chi connectivity index (χ2n) is 6.02. The van der Waals surface area contributed by atoms with Crippen molar-refractivity contribution < 1.29 is 24.4 Å². The normalized spacial score (nSPS) is 12.4. The van der Waals surface area contributed by atoms with Gasteiger partial charge in [-0.1, -0.05) is 0 Å². The molecule has 0 aliphatic carbocycles. The zero-order valence-electron chi connectivity index (χ0n) is 13.5. The van der Waals surface area contributed by atoms with Crippen LogP contribution in [0.1, 0.15) is 36.7 Å². The van der Waals surface area contributed by atoms with E-state index in [1.165, 1.54) is 25.1 Å². The monoisotopic (exact) mass is 324 g/mol. The van der Waals surface area contributed by atoms with Crippen molar-refractivity contribution in [1.82, 2.24) is 5.32 Å². The Morgan fingerprint density at radius 3 is 2.48 bits per heavy atom. The van der Waals surface area contributed by atoms with Crippen molar-refractivity contribution >= 4 is 17.6 Å². The van der Waals surface area contributed by atoms with E-state index < -0.39 is 28.5 Å². The van der Waals surface area contributed by atoms with E-state index in [-0.39, 0.29) is 17.8 Å². The minimum Gasteiger partial charge on any atom is -0.458 e. The molecule has 1 rings (SSSR count). The molecule has 1 amide bonds. The van der Waals surface area contributed by atoms with Crippen molar-refractivity contribution in [2.24, 2.45) is 0 Å². The van der Waals surface area contributed by atoms with Gasteiger partial charge in [-0.25, -0.2) is 4.79 Å². The molecule has 0 aliphatic rings. The van der Waals surface area contributed by atoms with Gasteiger partial charge in [0, 0.05) is 17.2 Å². The molecule has 0 unspecified atom stereocenters. The van der Waals surface area contributed by atoms with Crippen LogP contribution in [0.2, 0.25) is 0 Å². The highest BCUT2D eigenvalue weighted by molar-refractivity contribution is 5.95. The zero-order valence-corrected chi connectivity index (χ0v) is 13.5. The van der Waals surface area contributed by atoms with Gasteiger partial charge in [-0.3, -0.25) is 14.9 Å². The molecular weight excluding hydrogens is 304 g/mol. The fraction of sp³-hybridized carbons (Fsp3) is 0.467. The first-order valence-corrected chi connectivity index (χ1v) is 6.95. The number of esters is 1. The van der Waals surface area contributed by atoms with Gasteiger partial charge >= 0.3 is 5.97 Å². The van der Waals surface area contributed by atoms with Crippen molar-refractivity contribution in [2.45, 2.75) is 39.4 Å². The van der Waals surface area contributed by atoms with Gasteiger partial charge in [-0.2, -0.15) is 0 Å². The zero-order chi connectivity index (χ0) is 17.8. The number of nitro benzene ring substituents is 1. The van der Waals surface area contributed by atoms with Crippen LogP contribution in [-0.4, -0.2) is 40.2 Å². The van der Waals surface area contributed by atoms with E-state index in [2.05, 4.69) is 5.32 Å². The summed E-state index contributed by atoms with van der Waals surface area (Å²) < 4.78 is 4.98. The highest BCUT2D eigenvalue weighted by Crippen LogP contribution is 2.18. The van der Waals surface area contributed by atoms with E-state index in [0.29, 0.717) is 5.56 Å². The highest BCUT2D eigenvalue weighted by Gasteiger charge is 2.24. The number of carbonyl (C=O) groups excluding carboxylic acids is 2. The molecule has 0 aromatic heterocycles. The number of nitro groups is 1. The van der Waals surface area contributed by atoms with Gasteiger partial charge in [0.15, 0.2) is 6.10 Å². The lowest BCUT2D eigenvalue weighted by molar-refractivity contribution is -0.385. The summed E-state index contributed by atoms with van der Waals surface area (Å²) in [5, 5.41) is 22.8. The minimum absolute atomic E-state index is 0.0876. The Hall–Kier alpha value is -2.48. The van der Waals surface area contributed by atoms with Crippen molar-refractivity contribution in [1.29, 1.82) is 0 Å². The molecule has 0 aliphatic heterocycles. The molecule has 8 nitrogen and oxygen atoms in total. The molecule has 0 fully saturated rings. The molecule has 1 aromatic rings. The standard InChI is InChI=1S/C15H20N2O6/c1-9-7-10(5-6-11(9)17(21)22)13(19)16-8-12(18)14(20)23-15(2,3)4/h5-7,12,18H,8H2,1-4H3,(H,16,19)/t12-/m1/s1. The van der Waals surface area contributed by atoms with Gasteiger partial charge in [0.2, 0.25) is 0 Å². The average Bonchev–Trinajstić information content (AvgIpc) is 2.41. The first-order valence-electron chi connectivity index (χ1n) is 6.95. The maximum Gasteiger partial charge on any atom is 0.337 e. The number of aliphatic hydroxyl groups is 1. The summed E-state index contributed by atoms with van der Waals surface area (Å²) in [6.07, 6.45) is -1.49. The fourth-order valence-electron chi connectivity index (χ4n) is 1.75. The number of carbonyl (C=O) groups is 2. The third-order valence-corrected chi connectivity index (χ3v) is 2.79. The highest BCUT2D eigenvalue weighted by atomic mass is 16.6. The Bertz CT molecular complexity index is 621. The molecule has 1 atom stereocenters. The number of rotatable bonds is 5. The number of amides is 1. The lowest BCUT2D eigenvalue weighted by Crippen LogP contribution is -2.40. The number of aryl methyl sites for hydroxylation is 1. The van der Waals surface area contributed by atoms with Crippen molar-refractivity contribution in [3.63, 3.8) is 0 Å². The first-order chi connectivity index (χ1) is 10.5. The van der Waals surface area contributed by atoms with Gasteiger partial charge in [0.05, 0.1) is 11.5 Å². The largest absolute Gasteiger partial charge is 0.458 e. The number of nitrogens with zero attached hydrogens (tertiary/aromatic N) is 1. The summed E-state index contributed by atoms with van der Waals surface area (Å²) in [6.45, 7) is 6.19. The predicted molar refractivity (Wildman–Crippen MR) is 82.0 cm³/mol. The maximum absolute atomic E-state index is 11.9. The average molecular weight is 324 g/mol. The van der Waals surface area contributed by atoms with E-state index in [9.17, 15) is 24.8 Å². The molecule has 0 saturated carbocycles. The first kappa shape index (κ1) is 18.6. The van der Waals surface area contributed by atoms with Gasteiger partial charge in [0.1, 0.15) is 5.60 Å². The third-order valence-electron chi connectivity index (χ3n) is 2.79. The molecule has 8 heteroatoms. The molecule has 0 radical (unpaired) electrons. The Balaban J connectivity index is 2.65. The Morgan fingerprint density at radius 1 is 1.39 bits per heavy atom. The van der Waals surface area contributed by atoms with Gasteiger partial charge in [0.25, 0.3) is 11.6 Å². The molecule has 1 aromatic carbocycles. The van der Waals surface area contributed by atoms with Crippen molar-refractivity contribution in [3.05, 3.63) is 39.4 Å². The van der Waals surface area contributed by atoms with E-state index >= 15 is 0 Å². The van der Waals surface area contributed by atoms with Crippen molar-refractivity contribution in [2.75, 3.05) is 6.54 Å². The molecule has 0 heterocycles. The van der Waals surface area contributed by atoms with E-state index in [4.69, 9.17) is 4.74 Å². The SMILES string of the molecule is Cc1cc(C(=O)NC[C@@H](O)C(=O)OC(C)(C)C)ccc1[N+](=O)[O-]. The predicted octanol–water partition coefficient (Wildman–Crippen LogP) is 1.34. The lowest BCUT2D eigenvalue weighted by atomic mass is 10.1. The summed E-state index contributed by atoms with van der Waals surface area (Å²) >= 11 is 0. The van der Waals surface area contributed by atoms with Crippen LogP contribution in [0.4, 0.5) is 5.69 Å². The van der Waals surface area contributed by atoms with Crippen LogP contribution >= 0.6 is 0 Å². The van der Waals surface area contributed by atoms with E-state index in [1.54, 1.807) is 20.8 Å². The molecule has 0 spiro atoms. The Kier molecular flexibility index (Phi) is 5.80. The summed E-state index contributed by atoms with van der Waals surface area (Å²) in [7, 11) is 0. The van der Waals surface area contributed by atoms with Crippen LogP contribution in [0, 0.1) is 17.0 Å². The van der Waals surface area contributed by atoms with Gasteiger partial charge in [-0.15, -0.1) is 0 Å². The Morgan fingerprint density at radius 2 is 2.00 bits per heavy atom. The number of ether oxygens (including phenoxy) is 1. The Labute approximate surface area is 133 Å². The second-order valence-corrected chi connectivity index (χ2v) is 6.02. The summed E-state index contributed by atoms with van der Waals surface area (Å²) in [5.41, 5.74) is -0.285. The number of hydrogen-bond donors (Lipinski definition) is 2. The third kappa shape index (κ3) is 5.67. The molecule has 126 valence electrons. The smallest absolute Gasteiger partial charge is 0.337 e. The van der Waals surface area contributed by atoms with Gasteiger partial charge in [-0.05, 0) is 39.8 Å². The minimum atomic E-state index is -1.49. The second kappa shape index (κ2) is 7.19. The number of aliphatic hydroxyl groups excluding tert-OH is 1. The summed E-state index contributed by atoms with van der Waals surface area (Å²) in [6, 6.07) is 3.90. The van der Waals surface area contributed by atoms with E-state index in [0.717, 1.165) is 0 Å². The molecule has 0 saturated heterocycles. The van der Waals surface area contributed by atoms with Crippen LogP contribution in [0.5, 0.6) is 0 Å². The fourth-order valence-corrected chi connectivity index (χ4v) is 1.75. The topological polar surface area (TPSA) is 119 Å². The van der Waals surface area contributed by atoms with Crippen LogP contribution in [0.3, 0.4) is 0 Å². The number of hydrogen-bond acceptors (Lipinski definition) is 6. The maximum atomic E-state index is 11.9. The molecule has 0 bridgehead atoms.